The lowest BCUT2D eigenvalue weighted by Gasteiger charge is -2.30. The van der Waals surface area contributed by atoms with Crippen LogP contribution in [-0.4, -0.2) is 24.0 Å². The third-order valence-corrected chi connectivity index (χ3v) is 5.24. The quantitative estimate of drug-likeness (QED) is 0.769. The maximum absolute atomic E-state index is 11.5. The van der Waals surface area contributed by atoms with Gasteiger partial charge in [-0.15, -0.1) is 11.3 Å². The van der Waals surface area contributed by atoms with Gasteiger partial charge in [-0.05, 0) is 24.5 Å². The number of methoxy groups -OCH3 is 1. The number of carbonyl (C=O) groups is 1. The Bertz CT molecular complexity index is 425. The second-order valence-corrected chi connectivity index (χ2v) is 6.38. The molecular formula is C14H19NO2S. The molecular weight excluding hydrogens is 246 g/mol. The van der Waals surface area contributed by atoms with E-state index in [-0.39, 0.29) is 5.97 Å². The molecule has 1 saturated carbocycles. The van der Waals surface area contributed by atoms with Crippen molar-refractivity contribution in [3.63, 3.8) is 0 Å². The third-order valence-electron chi connectivity index (χ3n) is 4.09. The van der Waals surface area contributed by atoms with Crippen molar-refractivity contribution in [3.8, 4) is 0 Å². The summed E-state index contributed by atoms with van der Waals surface area (Å²) in [5.41, 5.74) is 1.34. The maximum atomic E-state index is 11.5. The monoisotopic (exact) mass is 265 g/mol. The average molecular weight is 265 g/mol. The van der Waals surface area contributed by atoms with Gasteiger partial charge >= 0.3 is 5.97 Å². The molecule has 0 aromatic carbocycles. The van der Waals surface area contributed by atoms with Crippen LogP contribution in [0.3, 0.4) is 0 Å². The lowest BCUT2D eigenvalue weighted by atomic mass is 9.94. The highest BCUT2D eigenvalue weighted by atomic mass is 32.1. The summed E-state index contributed by atoms with van der Waals surface area (Å²) in [5.74, 6) is -0.196. The topological polar surface area (TPSA) is 29.5 Å². The number of nitrogens with zero attached hydrogens (tertiary/aromatic N) is 1. The summed E-state index contributed by atoms with van der Waals surface area (Å²) in [6, 6.07) is 2.79. The summed E-state index contributed by atoms with van der Waals surface area (Å²) in [7, 11) is 1.45. The largest absolute Gasteiger partial charge is 0.465 e. The zero-order valence-electron chi connectivity index (χ0n) is 10.8. The van der Waals surface area contributed by atoms with Gasteiger partial charge in [-0.2, -0.15) is 0 Å². The Hall–Kier alpha value is -0.870. The summed E-state index contributed by atoms with van der Waals surface area (Å²) >= 11 is 1.61. The van der Waals surface area contributed by atoms with Crippen LogP contribution in [0.1, 0.15) is 52.2 Å². The van der Waals surface area contributed by atoms with E-state index in [0.29, 0.717) is 0 Å². The van der Waals surface area contributed by atoms with Crippen molar-refractivity contribution in [1.29, 1.82) is 0 Å². The molecule has 0 spiro atoms. The van der Waals surface area contributed by atoms with Gasteiger partial charge in [0.05, 0.1) is 7.11 Å². The van der Waals surface area contributed by atoms with E-state index in [9.17, 15) is 4.79 Å². The first-order valence-corrected chi connectivity index (χ1v) is 7.53. The van der Waals surface area contributed by atoms with E-state index in [1.54, 1.807) is 11.3 Å². The molecule has 0 unspecified atom stereocenters. The normalized spacial score (nSPS) is 20.9. The number of hydrogen-bond acceptors (Lipinski definition) is 4. The number of ether oxygens (including phenoxy) is 1. The van der Waals surface area contributed by atoms with E-state index in [0.717, 1.165) is 24.0 Å². The Kier molecular flexibility index (Phi) is 3.39. The highest BCUT2D eigenvalue weighted by Crippen LogP contribution is 2.35. The van der Waals surface area contributed by atoms with Gasteiger partial charge in [0.15, 0.2) is 0 Å². The van der Waals surface area contributed by atoms with Crippen molar-refractivity contribution in [2.24, 2.45) is 0 Å². The molecule has 3 rings (SSSR count). The van der Waals surface area contributed by atoms with Crippen molar-refractivity contribution in [2.75, 3.05) is 7.11 Å². The lowest BCUT2D eigenvalue weighted by molar-refractivity contribution is 0.0606. The molecule has 1 aliphatic heterocycles. The van der Waals surface area contributed by atoms with Crippen LogP contribution in [0.25, 0.3) is 0 Å². The second kappa shape index (κ2) is 5.02. The number of hydrogen-bond donors (Lipinski definition) is 0. The second-order valence-electron chi connectivity index (χ2n) is 5.25. The standard InChI is InChI=1S/C14H19NO2S/c1-17-14(16)12-7-10-8-15(9-13(10)18-12)11-5-3-2-4-6-11/h7,11H,2-6,8-9H2,1H3. The van der Waals surface area contributed by atoms with E-state index >= 15 is 0 Å². The summed E-state index contributed by atoms with van der Waals surface area (Å²) in [5, 5.41) is 0. The molecule has 18 heavy (non-hydrogen) atoms. The van der Waals surface area contributed by atoms with Gasteiger partial charge in [0, 0.05) is 24.0 Å². The van der Waals surface area contributed by atoms with Crippen LogP contribution in [0.4, 0.5) is 0 Å². The minimum atomic E-state index is -0.196. The molecule has 1 fully saturated rings. The van der Waals surface area contributed by atoms with Gasteiger partial charge in [0.2, 0.25) is 0 Å². The molecule has 0 saturated heterocycles. The molecule has 1 aliphatic carbocycles. The van der Waals surface area contributed by atoms with Crippen molar-refractivity contribution >= 4 is 17.3 Å². The minimum Gasteiger partial charge on any atom is -0.465 e. The van der Waals surface area contributed by atoms with Crippen molar-refractivity contribution in [1.82, 2.24) is 4.90 Å². The Labute approximate surface area is 112 Å². The number of carbonyl (C=O) groups excluding carboxylic acids is 1. The molecule has 1 aromatic rings. The minimum absolute atomic E-state index is 0.196. The molecule has 1 aromatic heterocycles. The predicted molar refractivity (Wildman–Crippen MR) is 71.8 cm³/mol. The van der Waals surface area contributed by atoms with Crippen molar-refractivity contribution < 1.29 is 9.53 Å². The zero-order chi connectivity index (χ0) is 12.5. The third kappa shape index (κ3) is 2.19. The first-order valence-electron chi connectivity index (χ1n) is 6.72. The van der Waals surface area contributed by atoms with E-state index in [1.165, 1.54) is 49.7 Å². The highest BCUT2D eigenvalue weighted by molar-refractivity contribution is 7.14. The summed E-state index contributed by atoms with van der Waals surface area (Å²) in [4.78, 5) is 16.2. The Balaban J connectivity index is 1.68. The Morgan fingerprint density at radius 1 is 1.33 bits per heavy atom. The summed E-state index contributed by atoms with van der Waals surface area (Å²) < 4.78 is 4.77. The molecule has 0 amide bonds. The molecule has 3 nitrogen and oxygen atoms in total. The zero-order valence-corrected chi connectivity index (χ0v) is 11.6. The van der Waals surface area contributed by atoms with Crippen molar-refractivity contribution in [2.45, 2.75) is 51.2 Å². The molecule has 0 bridgehead atoms. The Morgan fingerprint density at radius 2 is 2.11 bits per heavy atom. The van der Waals surface area contributed by atoms with Crippen LogP contribution in [0.2, 0.25) is 0 Å². The van der Waals surface area contributed by atoms with Crippen molar-refractivity contribution in [3.05, 3.63) is 21.4 Å². The molecule has 0 N–H and O–H groups in total. The predicted octanol–water partition coefficient (Wildman–Crippen LogP) is 3.18. The number of esters is 1. The van der Waals surface area contributed by atoms with E-state index in [2.05, 4.69) is 4.90 Å². The van der Waals surface area contributed by atoms with Crippen LogP contribution in [0.15, 0.2) is 6.07 Å². The van der Waals surface area contributed by atoms with E-state index in [1.807, 2.05) is 6.07 Å². The molecule has 2 heterocycles. The van der Waals surface area contributed by atoms with E-state index < -0.39 is 0 Å². The van der Waals surface area contributed by atoms with Gasteiger partial charge in [-0.1, -0.05) is 19.3 Å². The number of rotatable bonds is 2. The smallest absolute Gasteiger partial charge is 0.348 e. The maximum Gasteiger partial charge on any atom is 0.348 e. The van der Waals surface area contributed by atoms with Crippen LogP contribution in [-0.2, 0) is 17.8 Å². The number of thiophene rings is 1. The van der Waals surface area contributed by atoms with Crippen LogP contribution >= 0.6 is 11.3 Å². The van der Waals surface area contributed by atoms with E-state index in [4.69, 9.17) is 4.74 Å². The van der Waals surface area contributed by atoms with Crippen LogP contribution in [0.5, 0.6) is 0 Å². The molecule has 2 aliphatic rings. The van der Waals surface area contributed by atoms with Crippen LogP contribution < -0.4 is 0 Å². The fraction of sp³-hybridized carbons (Fsp3) is 0.643. The Morgan fingerprint density at radius 3 is 2.78 bits per heavy atom. The molecule has 0 radical (unpaired) electrons. The molecule has 0 atom stereocenters. The molecule has 4 heteroatoms. The van der Waals surface area contributed by atoms with Gasteiger partial charge in [-0.25, -0.2) is 4.79 Å². The SMILES string of the molecule is COC(=O)c1cc2c(s1)CN(C1CCCCC1)C2. The average Bonchev–Trinajstić information content (AvgIpc) is 2.97. The molecule has 98 valence electrons. The summed E-state index contributed by atoms with van der Waals surface area (Å²) in [6.45, 7) is 2.05. The van der Waals surface area contributed by atoms with Crippen LogP contribution in [0, 0.1) is 0 Å². The number of fused-ring (bicyclic) bond motifs is 1. The highest BCUT2D eigenvalue weighted by Gasteiger charge is 2.29. The first kappa shape index (κ1) is 12.2. The fourth-order valence-corrected chi connectivity index (χ4v) is 4.22. The summed E-state index contributed by atoms with van der Waals surface area (Å²) in [6.07, 6.45) is 6.85. The first-order chi connectivity index (χ1) is 8.78. The van der Waals surface area contributed by atoms with Gasteiger partial charge in [0.1, 0.15) is 4.88 Å². The fourth-order valence-electron chi connectivity index (χ4n) is 3.10. The van der Waals surface area contributed by atoms with Gasteiger partial charge < -0.3 is 4.74 Å². The lowest BCUT2D eigenvalue weighted by Crippen LogP contribution is -2.32. The van der Waals surface area contributed by atoms with Gasteiger partial charge in [-0.3, -0.25) is 4.90 Å². The van der Waals surface area contributed by atoms with Gasteiger partial charge in [0.25, 0.3) is 0 Å².